The third-order valence-corrected chi connectivity index (χ3v) is 6.14. The molecule has 0 saturated carbocycles. The highest BCUT2D eigenvalue weighted by atomic mass is 16.5. The Balaban J connectivity index is 1.38. The molecular formula is C28H37NO4. The Bertz CT molecular complexity index is 850. The van der Waals surface area contributed by atoms with Crippen molar-refractivity contribution in [3.05, 3.63) is 90.0 Å². The second-order valence-corrected chi connectivity index (χ2v) is 8.54. The molecule has 2 aromatic carbocycles. The molecule has 5 nitrogen and oxygen atoms in total. The van der Waals surface area contributed by atoms with Crippen molar-refractivity contribution < 1.29 is 19.3 Å². The van der Waals surface area contributed by atoms with E-state index in [9.17, 15) is 5.11 Å². The summed E-state index contributed by atoms with van der Waals surface area (Å²) < 4.78 is 17.1. The number of ether oxygens (including phenoxy) is 3. The molecule has 178 valence electrons. The molecule has 0 radical (unpaired) electrons. The van der Waals surface area contributed by atoms with Gasteiger partial charge in [-0.05, 0) is 42.0 Å². The van der Waals surface area contributed by atoms with Crippen molar-refractivity contribution in [3.8, 4) is 5.75 Å². The van der Waals surface area contributed by atoms with E-state index in [-0.39, 0.29) is 30.7 Å². The molecule has 0 spiro atoms. The Morgan fingerprint density at radius 1 is 0.970 bits per heavy atom. The van der Waals surface area contributed by atoms with Crippen molar-refractivity contribution in [2.45, 2.75) is 51.2 Å². The van der Waals surface area contributed by atoms with E-state index >= 15 is 0 Å². The van der Waals surface area contributed by atoms with Gasteiger partial charge in [0.05, 0.1) is 39.6 Å². The lowest BCUT2D eigenvalue weighted by atomic mass is 9.85. The number of nitrogens with one attached hydrogen (secondary N) is 1. The first-order valence-electron chi connectivity index (χ1n) is 11.7. The van der Waals surface area contributed by atoms with Crippen LogP contribution in [0.15, 0.2) is 78.9 Å². The van der Waals surface area contributed by atoms with Crippen molar-refractivity contribution in [1.29, 1.82) is 0 Å². The van der Waals surface area contributed by atoms with Crippen LogP contribution in [0.4, 0.5) is 0 Å². The number of benzene rings is 2. The van der Waals surface area contributed by atoms with Gasteiger partial charge < -0.3 is 24.6 Å². The van der Waals surface area contributed by atoms with Crippen LogP contribution in [0.3, 0.4) is 0 Å². The number of hydrogen-bond acceptors (Lipinski definition) is 5. The summed E-state index contributed by atoms with van der Waals surface area (Å²) in [5.74, 6) is 1.12. The van der Waals surface area contributed by atoms with Crippen molar-refractivity contribution in [3.63, 3.8) is 0 Å². The van der Waals surface area contributed by atoms with Crippen LogP contribution in [-0.4, -0.2) is 43.6 Å². The van der Waals surface area contributed by atoms with Crippen LogP contribution in [0.1, 0.15) is 30.9 Å². The molecule has 3 rings (SSSR count). The summed E-state index contributed by atoms with van der Waals surface area (Å²) in [6, 6.07) is 18.5. The Hall–Kier alpha value is -2.44. The van der Waals surface area contributed by atoms with E-state index in [4.69, 9.17) is 14.2 Å². The van der Waals surface area contributed by atoms with Gasteiger partial charge in [0, 0.05) is 12.1 Å². The van der Waals surface area contributed by atoms with Crippen LogP contribution < -0.4 is 10.1 Å². The molecule has 1 fully saturated rings. The Morgan fingerprint density at radius 3 is 2.42 bits per heavy atom. The predicted octanol–water partition coefficient (Wildman–Crippen LogP) is 4.66. The number of allylic oxidation sites excluding steroid dienone is 2. The average Bonchev–Trinajstić information content (AvgIpc) is 2.86. The number of aliphatic hydroxyl groups is 1. The molecule has 2 N–H and O–H groups in total. The van der Waals surface area contributed by atoms with Gasteiger partial charge in [-0.3, -0.25) is 0 Å². The lowest BCUT2D eigenvalue weighted by Crippen LogP contribution is -2.54. The maximum atomic E-state index is 9.82. The lowest BCUT2D eigenvalue weighted by molar-refractivity contribution is -0.0437. The Labute approximate surface area is 198 Å². The summed E-state index contributed by atoms with van der Waals surface area (Å²) in [7, 11) is 1.66. The summed E-state index contributed by atoms with van der Waals surface area (Å²) in [5, 5.41) is 13.4. The van der Waals surface area contributed by atoms with Crippen molar-refractivity contribution in [2.75, 3.05) is 20.3 Å². The van der Waals surface area contributed by atoms with Gasteiger partial charge >= 0.3 is 0 Å². The largest absolute Gasteiger partial charge is 0.497 e. The predicted molar refractivity (Wildman–Crippen MR) is 132 cm³/mol. The molecule has 1 heterocycles. The number of hydrogen-bond donors (Lipinski definition) is 2. The molecule has 1 aliphatic heterocycles. The highest BCUT2D eigenvalue weighted by Gasteiger charge is 2.34. The van der Waals surface area contributed by atoms with Crippen LogP contribution in [0.5, 0.6) is 5.75 Å². The van der Waals surface area contributed by atoms with E-state index in [1.54, 1.807) is 7.11 Å². The maximum Gasteiger partial charge on any atom is 0.118 e. The molecule has 0 aromatic heterocycles. The van der Waals surface area contributed by atoms with E-state index in [2.05, 4.69) is 36.5 Å². The fraction of sp³-hybridized carbons (Fsp3) is 0.429. The van der Waals surface area contributed by atoms with E-state index in [0.717, 1.165) is 24.2 Å². The summed E-state index contributed by atoms with van der Waals surface area (Å²) in [6.45, 7) is 4.03. The standard InChI is InChI=1S/C28H37NO4/c1-22-27(19-30)29-25(18-28(22)33-21-23-10-6-5-7-11-23)12-8-3-4-9-17-32-20-24-13-15-26(31-2)16-14-24/h3-11,13-16,22,25,27-30H,12,17-21H2,1-2H3/b8-3+,9-4+/t22-,25+,27-,28+/m1/s1. The van der Waals surface area contributed by atoms with Crippen LogP contribution in [0.25, 0.3) is 0 Å². The fourth-order valence-electron chi connectivity index (χ4n) is 4.08. The van der Waals surface area contributed by atoms with Crippen LogP contribution >= 0.6 is 0 Å². The second-order valence-electron chi connectivity index (χ2n) is 8.54. The molecular weight excluding hydrogens is 414 g/mol. The normalized spacial score (nSPS) is 23.4. The molecule has 33 heavy (non-hydrogen) atoms. The second kappa shape index (κ2) is 14.0. The molecule has 1 saturated heterocycles. The van der Waals surface area contributed by atoms with Crippen LogP contribution in [0.2, 0.25) is 0 Å². The van der Waals surface area contributed by atoms with E-state index in [1.165, 1.54) is 5.56 Å². The topological polar surface area (TPSA) is 60.0 Å². The van der Waals surface area contributed by atoms with Gasteiger partial charge in [-0.15, -0.1) is 0 Å². The van der Waals surface area contributed by atoms with Gasteiger partial charge in [-0.2, -0.15) is 0 Å². The van der Waals surface area contributed by atoms with Gasteiger partial charge in [0.25, 0.3) is 0 Å². The van der Waals surface area contributed by atoms with E-state index in [0.29, 0.717) is 19.8 Å². The van der Waals surface area contributed by atoms with Crippen molar-refractivity contribution >= 4 is 0 Å². The van der Waals surface area contributed by atoms with Gasteiger partial charge in [0.15, 0.2) is 0 Å². The highest BCUT2D eigenvalue weighted by molar-refractivity contribution is 5.26. The monoisotopic (exact) mass is 451 g/mol. The maximum absolute atomic E-state index is 9.82. The molecule has 4 atom stereocenters. The smallest absolute Gasteiger partial charge is 0.118 e. The number of piperidine rings is 1. The Kier molecular flexibility index (Phi) is 10.7. The van der Waals surface area contributed by atoms with Gasteiger partial charge in [-0.1, -0.05) is 73.7 Å². The van der Waals surface area contributed by atoms with Crippen LogP contribution in [-0.2, 0) is 22.7 Å². The molecule has 2 aromatic rings. The minimum Gasteiger partial charge on any atom is -0.497 e. The van der Waals surface area contributed by atoms with Crippen molar-refractivity contribution in [1.82, 2.24) is 5.32 Å². The van der Waals surface area contributed by atoms with Crippen molar-refractivity contribution in [2.24, 2.45) is 5.92 Å². The molecule has 5 heteroatoms. The summed E-state index contributed by atoms with van der Waals surface area (Å²) in [4.78, 5) is 0. The first-order chi connectivity index (χ1) is 16.2. The summed E-state index contributed by atoms with van der Waals surface area (Å²) >= 11 is 0. The molecule has 0 amide bonds. The SMILES string of the molecule is COc1ccc(COC/C=C/C=C/C[C@H]2C[C@H](OCc3ccccc3)[C@H](C)[C@@H](CO)N2)cc1. The summed E-state index contributed by atoms with van der Waals surface area (Å²) in [5.41, 5.74) is 2.30. The third-order valence-electron chi connectivity index (χ3n) is 6.14. The molecule has 0 unspecified atom stereocenters. The number of methoxy groups -OCH3 is 1. The van der Waals surface area contributed by atoms with E-state index in [1.807, 2.05) is 54.6 Å². The fourth-order valence-corrected chi connectivity index (χ4v) is 4.08. The number of rotatable bonds is 12. The van der Waals surface area contributed by atoms with Crippen LogP contribution in [0, 0.1) is 5.92 Å². The van der Waals surface area contributed by atoms with Gasteiger partial charge in [-0.25, -0.2) is 0 Å². The minimum atomic E-state index is 0.0554. The molecule has 0 bridgehead atoms. The first kappa shape index (κ1) is 25.2. The quantitative estimate of drug-likeness (QED) is 0.363. The zero-order chi connectivity index (χ0) is 23.3. The molecule has 0 aliphatic carbocycles. The van der Waals surface area contributed by atoms with Gasteiger partial charge in [0.2, 0.25) is 0 Å². The number of aliphatic hydroxyl groups excluding tert-OH is 1. The Morgan fingerprint density at radius 2 is 1.70 bits per heavy atom. The summed E-state index contributed by atoms with van der Waals surface area (Å²) in [6.07, 6.45) is 10.2. The minimum absolute atomic E-state index is 0.0554. The van der Waals surface area contributed by atoms with E-state index < -0.39 is 0 Å². The zero-order valence-corrected chi connectivity index (χ0v) is 19.7. The zero-order valence-electron chi connectivity index (χ0n) is 19.7. The van der Waals surface area contributed by atoms with Gasteiger partial charge in [0.1, 0.15) is 5.75 Å². The third kappa shape index (κ3) is 8.45. The lowest BCUT2D eigenvalue weighted by Gasteiger charge is -2.40. The average molecular weight is 452 g/mol. The first-order valence-corrected chi connectivity index (χ1v) is 11.7. The molecule has 1 aliphatic rings. The highest BCUT2D eigenvalue weighted by Crippen LogP contribution is 2.25.